The third-order valence-corrected chi connectivity index (χ3v) is 4.21. The normalized spacial score (nSPS) is 54.9. The number of ether oxygens (including phenoxy) is 2. The lowest BCUT2D eigenvalue weighted by molar-refractivity contribution is -0.339. The molecule has 0 aromatic rings. The van der Waals surface area contributed by atoms with Gasteiger partial charge in [0.1, 0.15) is 61.0 Å². The van der Waals surface area contributed by atoms with Gasteiger partial charge in [-0.05, 0) is 0 Å². The van der Waals surface area contributed by atoms with E-state index < -0.39 is 73.9 Å². The van der Waals surface area contributed by atoms with Gasteiger partial charge in [0.15, 0.2) is 6.29 Å². The second-order valence-corrected chi connectivity index (χ2v) is 5.75. The number of aliphatic hydroxyl groups is 9. The van der Waals surface area contributed by atoms with E-state index in [1.807, 2.05) is 0 Å². The van der Waals surface area contributed by atoms with E-state index in [-0.39, 0.29) is 0 Å². The van der Waals surface area contributed by atoms with Gasteiger partial charge in [-0.1, -0.05) is 0 Å². The highest BCUT2D eigenvalue weighted by Gasteiger charge is 2.52. The van der Waals surface area contributed by atoms with E-state index >= 15 is 0 Å². The van der Waals surface area contributed by atoms with E-state index in [0.717, 1.165) is 0 Å². The molecule has 11 nitrogen and oxygen atoms in total. The van der Waals surface area contributed by atoms with Crippen molar-refractivity contribution in [3.05, 3.63) is 0 Å². The monoisotopic (exact) mass is 342 g/mol. The Bertz CT molecular complexity index is 377. The Morgan fingerprint density at radius 1 is 0.609 bits per heavy atom. The maximum Gasteiger partial charge on any atom is 0.187 e. The molecule has 23 heavy (non-hydrogen) atoms. The summed E-state index contributed by atoms with van der Waals surface area (Å²) < 4.78 is 10.2. The first-order valence-electron chi connectivity index (χ1n) is 7.07. The molecule has 2 unspecified atom stereocenters. The van der Waals surface area contributed by atoms with Crippen LogP contribution in [-0.4, -0.2) is 120 Å². The SMILES string of the molecule is OC[C@H]1O[C@H](OC2[C@H](O)[C@H](O)C(O)[C@H](O)[C@H]2O)[C@H](O)[C@@H](O)[C@@H]1O. The van der Waals surface area contributed by atoms with Gasteiger partial charge in [0.2, 0.25) is 0 Å². The first-order valence-corrected chi connectivity index (χ1v) is 7.07. The largest absolute Gasteiger partial charge is 0.394 e. The van der Waals surface area contributed by atoms with Crippen molar-refractivity contribution < 1.29 is 55.4 Å². The van der Waals surface area contributed by atoms with Gasteiger partial charge in [-0.15, -0.1) is 0 Å². The molecule has 2 fully saturated rings. The molecule has 1 saturated heterocycles. The summed E-state index contributed by atoms with van der Waals surface area (Å²) >= 11 is 0. The molecular formula is C12H22O11. The van der Waals surface area contributed by atoms with E-state index in [9.17, 15) is 40.9 Å². The maximum atomic E-state index is 9.85. The minimum absolute atomic E-state index is 0.704. The lowest BCUT2D eigenvalue weighted by Crippen LogP contribution is -2.67. The summed E-state index contributed by atoms with van der Waals surface area (Å²) in [6.07, 6.45) is -18.9. The summed E-state index contributed by atoms with van der Waals surface area (Å²) in [4.78, 5) is 0. The molecule has 1 saturated carbocycles. The smallest absolute Gasteiger partial charge is 0.187 e. The van der Waals surface area contributed by atoms with Gasteiger partial charge in [0.05, 0.1) is 6.61 Å². The summed E-state index contributed by atoms with van der Waals surface area (Å²) in [5.74, 6) is 0. The van der Waals surface area contributed by atoms with Gasteiger partial charge in [-0.25, -0.2) is 0 Å². The van der Waals surface area contributed by atoms with Crippen LogP contribution in [0, 0.1) is 0 Å². The fourth-order valence-corrected chi connectivity index (χ4v) is 2.69. The minimum Gasteiger partial charge on any atom is -0.394 e. The Morgan fingerprint density at radius 2 is 1.04 bits per heavy atom. The molecule has 0 radical (unpaired) electrons. The third kappa shape index (κ3) is 3.36. The molecule has 11 heteroatoms. The standard InChI is InChI=1S/C12H22O11/c13-1-2-3(14)4(15)10(21)12(22-2)23-11-8(19)6(17)5(16)7(18)9(11)20/h2-21H,1H2/t2-,3-,4+,5?,6-,7+,8-,9-,10-,11?,12-/m1/s1. The fraction of sp³-hybridized carbons (Fsp3) is 1.00. The topological polar surface area (TPSA) is 201 Å². The van der Waals surface area contributed by atoms with Crippen LogP contribution in [0.1, 0.15) is 0 Å². The molecule has 1 aliphatic heterocycles. The van der Waals surface area contributed by atoms with Crippen LogP contribution < -0.4 is 0 Å². The maximum absolute atomic E-state index is 9.85. The van der Waals surface area contributed by atoms with E-state index in [1.54, 1.807) is 0 Å². The Balaban J connectivity index is 2.13. The molecule has 1 aliphatic carbocycles. The first kappa shape index (κ1) is 18.9. The van der Waals surface area contributed by atoms with Gasteiger partial charge in [0.25, 0.3) is 0 Å². The van der Waals surface area contributed by atoms with E-state index in [2.05, 4.69) is 0 Å². The van der Waals surface area contributed by atoms with Gasteiger partial charge in [0, 0.05) is 0 Å². The molecule has 2 aliphatic rings. The molecule has 1 heterocycles. The summed E-state index contributed by atoms with van der Waals surface area (Å²) in [7, 11) is 0. The Labute approximate surface area is 130 Å². The van der Waals surface area contributed by atoms with Crippen LogP contribution in [0.25, 0.3) is 0 Å². The number of hydrogen-bond donors (Lipinski definition) is 9. The van der Waals surface area contributed by atoms with Crippen LogP contribution in [0.3, 0.4) is 0 Å². The average molecular weight is 342 g/mol. The summed E-state index contributed by atoms with van der Waals surface area (Å²) in [6, 6.07) is 0. The van der Waals surface area contributed by atoms with Crippen molar-refractivity contribution in [3.8, 4) is 0 Å². The van der Waals surface area contributed by atoms with Crippen molar-refractivity contribution in [1.82, 2.24) is 0 Å². The number of aliphatic hydroxyl groups excluding tert-OH is 9. The van der Waals surface area contributed by atoms with Crippen molar-refractivity contribution in [2.75, 3.05) is 6.61 Å². The molecule has 0 bridgehead atoms. The zero-order valence-corrected chi connectivity index (χ0v) is 11.9. The predicted octanol–water partition coefficient (Wildman–Crippen LogP) is -6.01. The van der Waals surface area contributed by atoms with Crippen LogP contribution in [-0.2, 0) is 9.47 Å². The zero-order chi connectivity index (χ0) is 17.5. The van der Waals surface area contributed by atoms with Crippen molar-refractivity contribution in [3.63, 3.8) is 0 Å². The molecular weight excluding hydrogens is 320 g/mol. The van der Waals surface area contributed by atoms with Crippen LogP contribution in [0.5, 0.6) is 0 Å². The average Bonchev–Trinajstić information content (AvgIpc) is 2.54. The van der Waals surface area contributed by atoms with Gasteiger partial charge in [-0.3, -0.25) is 0 Å². The van der Waals surface area contributed by atoms with E-state index in [4.69, 9.17) is 14.6 Å². The number of rotatable bonds is 3. The fourth-order valence-electron chi connectivity index (χ4n) is 2.69. The molecule has 11 atom stereocenters. The predicted molar refractivity (Wildman–Crippen MR) is 68.7 cm³/mol. The summed E-state index contributed by atoms with van der Waals surface area (Å²) in [5.41, 5.74) is 0. The second kappa shape index (κ2) is 7.21. The van der Waals surface area contributed by atoms with Crippen LogP contribution in [0.4, 0.5) is 0 Å². The molecule has 0 aromatic carbocycles. The van der Waals surface area contributed by atoms with Crippen molar-refractivity contribution in [2.24, 2.45) is 0 Å². The molecule has 0 aromatic heterocycles. The quantitative estimate of drug-likeness (QED) is 0.236. The third-order valence-electron chi connectivity index (χ3n) is 4.21. The van der Waals surface area contributed by atoms with Crippen molar-refractivity contribution in [2.45, 2.75) is 67.3 Å². The first-order chi connectivity index (χ1) is 10.7. The van der Waals surface area contributed by atoms with Gasteiger partial charge >= 0.3 is 0 Å². The van der Waals surface area contributed by atoms with Crippen molar-refractivity contribution >= 4 is 0 Å². The summed E-state index contributed by atoms with van der Waals surface area (Å²) in [6.45, 7) is -0.704. The highest BCUT2D eigenvalue weighted by molar-refractivity contribution is 5.00. The Kier molecular flexibility index (Phi) is 5.92. The van der Waals surface area contributed by atoms with Gasteiger partial charge in [-0.2, -0.15) is 0 Å². The molecule has 0 spiro atoms. The lowest BCUT2D eigenvalue weighted by Gasteiger charge is -2.45. The van der Waals surface area contributed by atoms with Crippen LogP contribution >= 0.6 is 0 Å². The summed E-state index contributed by atoms with van der Waals surface area (Å²) in [5, 5.41) is 86.6. The Hall–Kier alpha value is -0.440. The molecule has 2 rings (SSSR count). The minimum atomic E-state index is -1.83. The second-order valence-electron chi connectivity index (χ2n) is 5.75. The zero-order valence-electron chi connectivity index (χ0n) is 11.9. The van der Waals surface area contributed by atoms with Crippen LogP contribution in [0.15, 0.2) is 0 Å². The number of hydrogen-bond acceptors (Lipinski definition) is 11. The van der Waals surface area contributed by atoms with Crippen LogP contribution in [0.2, 0.25) is 0 Å². The van der Waals surface area contributed by atoms with E-state index in [0.29, 0.717) is 0 Å². The van der Waals surface area contributed by atoms with E-state index in [1.165, 1.54) is 0 Å². The Morgan fingerprint density at radius 3 is 1.52 bits per heavy atom. The lowest BCUT2D eigenvalue weighted by atomic mass is 9.84. The molecule has 0 amide bonds. The van der Waals surface area contributed by atoms with Crippen molar-refractivity contribution in [1.29, 1.82) is 0 Å². The highest BCUT2D eigenvalue weighted by Crippen LogP contribution is 2.29. The van der Waals surface area contributed by atoms with Gasteiger partial charge < -0.3 is 55.4 Å². The highest BCUT2D eigenvalue weighted by atomic mass is 16.7. The molecule has 136 valence electrons. The molecule has 9 N–H and O–H groups in total.